The molecule has 4 nitrogen and oxygen atoms in total. The standard InChI is InChI=1S/C10H12N2.C8H11NO.C2H6/c1-8(2)9-3-5-12-6-4-11-10(12)7-9;1-3-7-4-5-9(2)8(10)6-7;1-2/h3-8H,1-2H3;4-6H,3H2,1-2H3;1-2H3. The van der Waals surface area contributed by atoms with E-state index in [2.05, 4.69) is 37.2 Å². The third-order valence-corrected chi connectivity index (χ3v) is 3.67. The summed E-state index contributed by atoms with van der Waals surface area (Å²) in [7, 11) is 1.75. The Morgan fingerprint density at radius 2 is 1.79 bits per heavy atom. The lowest BCUT2D eigenvalue weighted by molar-refractivity contribution is 0.850. The zero-order valence-corrected chi connectivity index (χ0v) is 15.7. The molecule has 0 atom stereocenters. The minimum absolute atomic E-state index is 0.0688. The first-order valence-corrected chi connectivity index (χ1v) is 8.59. The van der Waals surface area contributed by atoms with E-state index in [1.54, 1.807) is 23.9 Å². The molecular formula is C20H29N3O. The summed E-state index contributed by atoms with van der Waals surface area (Å²) < 4.78 is 3.59. The second-order valence-electron chi connectivity index (χ2n) is 5.65. The van der Waals surface area contributed by atoms with Gasteiger partial charge in [-0.15, -0.1) is 0 Å². The molecule has 0 N–H and O–H groups in total. The zero-order valence-electron chi connectivity index (χ0n) is 15.7. The molecule has 24 heavy (non-hydrogen) atoms. The maximum absolute atomic E-state index is 11.0. The molecule has 0 aliphatic carbocycles. The van der Waals surface area contributed by atoms with Crippen LogP contribution < -0.4 is 5.56 Å². The van der Waals surface area contributed by atoms with Gasteiger partial charge < -0.3 is 8.97 Å². The van der Waals surface area contributed by atoms with Crippen LogP contribution in [-0.4, -0.2) is 14.0 Å². The highest BCUT2D eigenvalue weighted by molar-refractivity contribution is 5.41. The molecule has 0 bridgehead atoms. The average molecular weight is 327 g/mol. The Kier molecular flexibility index (Phi) is 7.96. The van der Waals surface area contributed by atoms with Crippen LogP contribution in [-0.2, 0) is 13.5 Å². The summed E-state index contributed by atoms with van der Waals surface area (Å²) in [4.78, 5) is 15.2. The molecule has 3 aromatic rings. The van der Waals surface area contributed by atoms with Crippen molar-refractivity contribution in [2.75, 3.05) is 0 Å². The molecule has 0 saturated heterocycles. The average Bonchev–Trinajstić information content (AvgIpc) is 3.07. The Morgan fingerprint density at radius 1 is 1.08 bits per heavy atom. The molecule has 130 valence electrons. The lowest BCUT2D eigenvalue weighted by Crippen LogP contribution is -2.14. The van der Waals surface area contributed by atoms with Crippen molar-refractivity contribution in [1.29, 1.82) is 0 Å². The van der Waals surface area contributed by atoms with E-state index in [1.807, 2.05) is 43.6 Å². The maximum Gasteiger partial charge on any atom is 0.250 e. The van der Waals surface area contributed by atoms with Crippen molar-refractivity contribution < 1.29 is 0 Å². The number of hydrogen-bond acceptors (Lipinski definition) is 2. The molecule has 3 aromatic heterocycles. The molecule has 0 aromatic carbocycles. The summed E-state index contributed by atoms with van der Waals surface area (Å²) in [5.74, 6) is 0.576. The predicted octanol–water partition coefficient (Wildman–Crippen LogP) is 4.43. The Balaban J connectivity index is 0.000000221. The molecule has 3 rings (SSSR count). The molecular weight excluding hydrogens is 298 g/mol. The molecule has 0 aliphatic heterocycles. The van der Waals surface area contributed by atoms with Crippen LogP contribution in [0.2, 0.25) is 0 Å². The number of pyridine rings is 2. The molecule has 0 amide bonds. The van der Waals surface area contributed by atoms with E-state index in [4.69, 9.17) is 0 Å². The largest absolute Gasteiger partial charge is 0.319 e. The Morgan fingerprint density at radius 3 is 2.38 bits per heavy atom. The number of rotatable bonds is 2. The lowest BCUT2D eigenvalue weighted by Gasteiger charge is -2.04. The highest BCUT2D eigenvalue weighted by Crippen LogP contribution is 2.15. The summed E-state index contributed by atoms with van der Waals surface area (Å²) in [6, 6.07) is 7.89. The number of nitrogens with zero attached hydrogens (tertiary/aromatic N) is 3. The zero-order chi connectivity index (χ0) is 18.1. The maximum atomic E-state index is 11.0. The van der Waals surface area contributed by atoms with Gasteiger partial charge in [0.25, 0.3) is 5.56 Å². The fourth-order valence-electron chi connectivity index (χ4n) is 2.09. The van der Waals surface area contributed by atoms with E-state index < -0.39 is 0 Å². The van der Waals surface area contributed by atoms with Crippen LogP contribution in [0.1, 0.15) is 51.7 Å². The van der Waals surface area contributed by atoms with Gasteiger partial charge in [-0.1, -0.05) is 34.6 Å². The van der Waals surface area contributed by atoms with Crippen LogP contribution in [0.4, 0.5) is 0 Å². The number of aromatic nitrogens is 3. The minimum atomic E-state index is 0.0688. The van der Waals surface area contributed by atoms with E-state index in [1.165, 1.54) is 5.56 Å². The van der Waals surface area contributed by atoms with Gasteiger partial charge in [0.2, 0.25) is 0 Å². The molecule has 0 spiro atoms. The molecule has 0 aliphatic rings. The fraction of sp³-hybridized carbons (Fsp3) is 0.400. The van der Waals surface area contributed by atoms with Crippen LogP contribution in [0.25, 0.3) is 5.65 Å². The monoisotopic (exact) mass is 327 g/mol. The first-order valence-electron chi connectivity index (χ1n) is 8.59. The minimum Gasteiger partial charge on any atom is -0.319 e. The predicted molar refractivity (Wildman–Crippen MR) is 102 cm³/mol. The molecule has 3 heterocycles. The molecule has 4 heteroatoms. The van der Waals surface area contributed by atoms with Crippen molar-refractivity contribution in [2.24, 2.45) is 7.05 Å². The second kappa shape index (κ2) is 9.71. The van der Waals surface area contributed by atoms with E-state index in [0.29, 0.717) is 5.92 Å². The molecule has 0 saturated carbocycles. The van der Waals surface area contributed by atoms with Gasteiger partial charge in [-0.2, -0.15) is 0 Å². The van der Waals surface area contributed by atoms with Crippen molar-refractivity contribution in [1.82, 2.24) is 14.0 Å². The first kappa shape index (κ1) is 19.7. The van der Waals surface area contributed by atoms with Gasteiger partial charge in [0.15, 0.2) is 0 Å². The molecule has 0 unspecified atom stereocenters. The number of fused-ring (bicyclic) bond motifs is 1. The quantitative estimate of drug-likeness (QED) is 0.698. The van der Waals surface area contributed by atoms with Crippen LogP contribution in [0.15, 0.2) is 53.8 Å². The third-order valence-electron chi connectivity index (χ3n) is 3.67. The molecule has 0 radical (unpaired) electrons. The van der Waals surface area contributed by atoms with Crippen molar-refractivity contribution in [3.05, 3.63) is 70.5 Å². The van der Waals surface area contributed by atoms with Crippen molar-refractivity contribution >= 4 is 5.65 Å². The van der Waals surface area contributed by atoms with Gasteiger partial charge >= 0.3 is 0 Å². The van der Waals surface area contributed by atoms with Crippen LogP contribution in [0.3, 0.4) is 0 Å². The van der Waals surface area contributed by atoms with Gasteiger partial charge in [-0.25, -0.2) is 4.98 Å². The Hall–Kier alpha value is -2.36. The van der Waals surface area contributed by atoms with Crippen LogP contribution in [0, 0.1) is 0 Å². The van der Waals surface area contributed by atoms with Gasteiger partial charge in [0.05, 0.1) is 0 Å². The summed E-state index contributed by atoms with van der Waals surface area (Å²) in [6.07, 6.45) is 8.55. The molecule has 0 fully saturated rings. The SMILES string of the molecule is CC.CC(C)c1ccn2ccnc2c1.CCc1ccn(C)c(=O)c1. The van der Waals surface area contributed by atoms with E-state index in [9.17, 15) is 4.79 Å². The van der Waals surface area contributed by atoms with Gasteiger partial charge in [0, 0.05) is 37.9 Å². The Bertz CT molecular complexity index is 800. The highest BCUT2D eigenvalue weighted by Gasteiger charge is 2.00. The number of hydrogen-bond donors (Lipinski definition) is 0. The van der Waals surface area contributed by atoms with Crippen molar-refractivity contribution in [3.63, 3.8) is 0 Å². The number of aryl methyl sites for hydroxylation is 2. The van der Waals surface area contributed by atoms with E-state index >= 15 is 0 Å². The first-order chi connectivity index (χ1) is 11.5. The Labute approximate surface area is 144 Å². The van der Waals surface area contributed by atoms with Crippen LogP contribution >= 0.6 is 0 Å². The summed E-state index contributed by atoms with van der Waals surface area (Å²) in [5.41, 5.74) is 3.54. The van der Waals surface area contributed by atoms with Crippen molar-refractivity contribution in [3.8, 4) is 0 Å². The summed E-state index contributed by atoms with van der Waals surface area (Å²) in [6.45, 7) is 10.4. The van der Waals surface area contributed by atoms with Gasteiger partial charge in [-0.05, 0) is 41.7 Å². The lowest BCUT2D eigenvalue weighted by atomic mass is 10.1. The van der Waals surface area contributed by atoms with Crippen molar-refractivity contribution in [2.45, 2.75) is 47.0 Å². The normalized spacial score (nSPS) is 9.96. The fourth-order valence-corrected chi connectivity index (χ4v) is 2.09. The summed E-state index contributed by atoms with van der Waals surface area (Å²) in [5, 5.41) is 0. The van der Waals surface area contributed by atoms with Gasteiger partial charge in [-0.3, -0.25) is 4.79 Å². The van der Waals surface area contributed by atoms with E-state index in [-0.39, 0.29) is 5.56 Å². The second-order valence-corrected chi connectivity index (χ2v) is 5.65. The summed E-state index contributed by atoms with van der Waals surface area (Å²) >= 11 is 0. The van der Waals surface area contributed by atoms with Crippen LogP contribution in [0.5, 0.6) is 0 Å². The smallest absolute Gasteiger partial charge is 0.250 e. The number of imidazole rings is 1. The van der Waals surface area contributed by atoms with Gasteiger partial charge in [0.1, 0.15) is 5.65 Å². The van der Waals surface area contributed by atoms with E-state index in [0.717, 1.165) is 17.6 Å². The highest BCUT2D eigenvalue weighted by atomic mass is 16.1. The topological polar surface area (TPSA) is 39.3 Å². The third kappa shape index (κ3) is 5.37.